The summed E-state index contributed by atoms with van der Waals surface area (Å²) in [7, 11) is 0. The molecule has 0 aliphatic carbocycles. The van der Waals surface area contributed by atoms with E-state index in [1.165, 1.54) is 6.33 Å². The van der Waals surface area contributed by atoms with Crippen molar-refractivity contribution >= 4 is 0 Å². The van der Waals surface area contributed by atoms with Gasteiger partial charge in [-0.15, -0.1) is 0 Å². The second kappa shape index (κ2) is 6.04. The molecule has 0 amide bonds. The molecule has 2 heterocycles. The number of nitrogens with one attached hydrogen (secondary N) is 1. The average Bonchev–Trinajstić information content (AvgIpc) is 2.42. The third-order valence-electron chi connectivity index (χ3n) is 2.46. The molecule has 6 nitrogen and oxygen atoms in total. The number of ether oxygens (including phenoxy) is 1. The van der Waals surface area contributed by atoms with Crippen LogP contribution < -0.4 is 16.0 Å². The molecule has 94 valence electrons. The van der Waals surface area contributed by atoms with Crippen molar-refractivity contribution < 1.29 is 4.74 Å². The van der Waals surface area contributed by atoms with Crippen LogP contribution in [0.3, 0.4) is 0 Å². The maximum Gasteiger partial charge on any atom is 0.137 e. The fourth-order valence-corrected chi connectivity index (χ4v) is 1.68. The van der Waals surface area contributed by atoms with E-state index in [0.29, 0.717) is 12.4 Å². The Morgan fingerprint density at radius 3 is 2.56 bits per heavy atom. The summed E-state index contributed by atoms with van der Waals surface area (Å²) in [5.41, 5.74) is 4.50. The highest BCUT2D eigenvalue weighted by atomic mass is 16.5. The van der Waals surface area contributed by atoms with Crippen LogP contribution in [0.5, 0.6) is 5.75 Å². The summed E-state index contributed by atoms with van der Waals surface area (Å²) < 4.78 is 5.41. The van der Waals surface area contributed by atoms with E-state index < -0.39 is 0 Å². The largest absolute Gasteiger partial charge is 0.492 e. The molecule has 1 atom stereocenters. The van der Waals surface area contributed by atoms with E-state index in [-0.39, 0.29) is 6.04 Å². The highest BCUT2D eigenvalue weighted by Crippen LogP contribution is 2.22. The minimum Gasteiger partial charge on any atom is -0.492 e. The summed E-state index contributed by atoms with van der Waals surface area (Å²) in [6, 6.07) is 1.69. The predicted molar refractivity (Wildman–Crippen MR) is 66.6 cm³/mol. The highest BCUT2D eigenvalue weighted by molar-refractivity contribution is 5.31. The van der Waals surface area contributed by atoms with Gasteiger partial charge in [0, 0.05) is 24.2 Å². The number of nitrogens with two attached hydrogens (primary N) is 1. The van der Waals surface area contributed by atoms with Crippen LogP contribution in [-0.2, 0) is 0 Å². The lowest BCUT2D eigenvalue weighted by molar-refractivity contribution is 0.338. The van der Waals surface area contributed by atoms with Crippen molar-refractivity contribution in [2.24, 2.45) is 5.84 Å². The number of rotatable bonds is 5. The molecule has 0 radical (unpaired) electrons. The zero-order valence-electron chi connectivity index (χ0n) is 10.1. The first-order valence-corrected chi connectivity index (χ1v) is 5.64. The lowest BCUT2D eigenvalue weighted by Gasteiger charge is -2.16. The van der Waals surface area contributed by atoms with E-state index in [2.05, 4.69) is 20.4 Å². The molecule has 3 N–H and O–H groups in total. The molecule has 0 saturated heterocycles. The fraction of sp³-hybridized carbons (Fsp3) is 0.250. The van der Waals surface area contributed by atoms with E-state index >= 15 is 0 Å². The Labute approximate surface area is 105 Å². The van der Waals surface area contributed by atoms with Crippen molar-refractivity contribution in [2.45, 2.75) is 13.0 Å². The summed E-state index contributed by atoms with van der Waals surface area (Å²) in [6.07, 6.45) is 8.31. The molecule has 6 heteroatoms. The summed E-state index contributed by atoms with van der Waals surface area (Å²) >= 11 is 0. The number of pyridine rings is 1. The zero-order chi connectivity index (χ0) is 12.8. The van der Waals surface area contributed by atoms with Crippen molar-refractivity contribution in [3.8, 4) is 5.75 Å². The lowest BCUT2D eigenvalue weighted by atomic mass is 10.0. The second-order valence-electron chi connectivity index (χ2n) is 3.66. The molecule has 2 aromatic heterocycles. The van der Waals surface area contributed by atoms with Gasteiger partial charge in [0.15, 0.2) is 0 Å². The minimum absolute atomic E-state index is 0.209. The molecular weight excluding hydrogens is 230 g/mol. The molecule has 0 spiro atoms. The van der Waals surface area contributed by atoms with Gasteiger partial charge in [-0.05, 0) is 18.6 Å². The molecule has 2 rings (SSSR count). The van der Waals surface area contributed by atoms with Crippen LogP contribution in [0.25, 0.3) is 0 Å². The SMILES string of the molecule is CCOc1cncc(C(NN)c2cncnc2)c1. The van der Waals surface area contributed by atoms with Gasteiger partial charge in [-0.2, -0.15) is 0 Å². The topological polar surface area (TPSA) is 86.0 Å². The molecular formula is C12H15N5O. The van der Waals surface area contributed by atoms with Gasteiger partial charge < -0.3 is 4.74 Å². The van der Waals surface area contributed by atoms with Crippen molar-refractivity contribution in [1.29, 1.82) is 0 Å². The van der Waals surface area contributed by atoms with E-state index in [4.69, 9.17) is 10.6 Å². The Hall–Kier alpha value is -2.05. The Morgan fingerprint density at radius 1 is 1.17 bits per heavy atom. The molecule has 0 aromatic carbocycles. The number of hydrogen-bond donors (Lipinski definition) is 2. The molecule has 18 heavy (non-hydrogen) atoms. The Kier molecular flexibility index (Phi) is 4.16. The first kappa shape index (κ1) is 12.4. The van der Waals surface area contributed by atoms with Gasteiger partial charge in [0.2, 0.25) is 0 Å². The number of aromatic nitrogens is 3. The summed E-state index contributed by atoms with van der Waals surface area (Å²) in [6.45, 7) is 2.52. The van der Waals surface area contributed by atoms with Crippen LogP contribution in [0, 0.1) is 0 Å². The van der Waals surface area contributed by atoms with Gasteiger partial charge in [-0.25, -0.2) is 15.4 Å². The van der Waals surface area contributed by atoms with Crippen LogP contribution >= 0.6 is 0 Å². The number of hydrogen-bond acceptors (Lipinski definition) is 6. The van der Waals surface area contributed by atoms with Crippen molar-refractivity contribution in [1.82, 2.24) is 20.4 Å². The van der Waals surface area contributed by atoms with Crippen LogP contribution in [0.4, 0.5) is 0 Å². The van der Waals surface area contributed by atoms with Crippen LogP contribution in [0.2, 0.25) is 0 Å². The molecule has 0 aliphatic heterocycles. The summed E-state index contributed by atoms with van der Waals surface area (Å²) in [5, 5.41) is 0. The maximum absolute atomic E-state index is 5.59. The van der Waals surface area contributed by atoms with Gasteiger partial charge in [0.25, 0.3) is 0 Å². The standard InChI is InChI=1S/C12H15N5O/c1-2-18-11-3-9(4-14-7-11)12(17-13)10-5-15-8-16-6-10/h3-8,12,17H,2,13H2,1H3. The van der Waals surface area contributed by atoms with Gasteiger partial charge in [0.05, 0.1) is 18.8 Å². The second-order valence-corrected chi connectivity index (χ2v) is 3.66. The fourth-order valence-electron chi connectivity index (χ4n) is 1.68. The zero-order valence-corrected chi connectivity index (χ0v) is 10.1. The third-order valence-corrected chi connectivity index (χ3v) is 2.46. The van der Waals surface area contributed by atoms with Gasteiger partial charge >= 0.3 is 0 Å². The van der Waals surface area contributed by atoms with Crippen LogP contribution in [-0.4, -0.2) is 21.6 Å². The molecule has 0 bridgehead atoms. The average molecular weight is 245 g/mol. The van der Waals surface area contributed by atoms with Gasteiger partial charge in [0.1, 0.15) is 12.1 Å². The lowest BCUT2D eigenvalue weighted by Crippen LogP contribution is -2.29. The Morgan fingerprint density at radius 2 is 1.89 bits per heavy atom. The van der Waals surface area contributed by atoms with E-state index in [1.807, 2.05) is 13.0 Å². The first-order chi connectivity index (χ1) is 8.85. The quantitative estimate of drug-likeness (QED) is 0.599. The van der Waals surface area contributed by atoms with Crippen molar-refractivity contribution in [2.75, 3.05) is 6.61 Å². The first-order valence-electron chi connectivity index (χ1n) is 5.64. The molecule has 0 saturated carbocycles. The molecule has 2 aromatic rings. The maximum atomic E-state index is 5.59. The van der Waals surface area contributed by atoms with Gasteiger partial charge in [-0.3, -0.25) is 10.8 Å². The normalized spacial score (nSPS) is 12.1. The minimum atomic E-state index is -0.209. The van der Waals surface area contributed by atoms with Crippen molar-refractivity contribution in [3.63, 3.8) is 0 Å². The Balaban J connectivity index is 2.30. The van der Waals surface area contributed by atoms with E-state index in [1.54, 1.807) is 24.8 Å². The van der Waals surface area contributed by atoms with Gasteiger partial charge in [-0.1, -0.05) is 0 Å². The predicted octanol–water partition coefficient (Wildman–Crippen LogP) is 0.823. The highest BCUT2D eigenvalue weighted by Gasteiger charge is 2.14. The molecule has 0 aliphatic rings. The van der Waals surface area contributed by atoms with Crippen molar-refractivity contribution in [3.05, 3.63) is 48.3 Å². The van der Waals surface area contributed by atoms with Crippen LogP contribution in [0.1, 0.15) is 24.1 Å². The van der Waals surface area contributed by atoms with E-state index in [0.717, 1.165) is 11.1 Å². The monoisotopic (exact) mass is 245 g/mol. The number of nitrogens with zero attached hydrogens (tertiary/aromatic N) is 3. The molecule has 1 unspecified atom stereocenters. The van der Waals surface area contributed by atoms with E-state index in [9.17, 15) is 0 Å². The number of hydrazine groups is 1. The van der Waals surface area contributed by atoms with Crippen LogP contribution in [0.15, 0.2) is 37.2 Å². The smallest absolute Gasteiger partial charge is 0.137 e. The summed E-state index contributed by atoms with van der Waals surface area (Å²) in [4.78, 5) is 12.1. The third kappa shape index (κ3) is 2.79. The summed E-state index contributed by atoms with van der Waals surface area (Å²) in [5.74, 6) is 6.30. The molecule has 0 fully saturated rings. The Bertz CT molecular complexity index is 491.